The Balaban J connectivity index is 1.13. The monoisotopic (exact) mass is 823 g/mol. The van der Waals surface area contributed by atoms with Crippen molar-refractivity contribution in [1.29, 1.82) is 0 Å². The number of carbonyl (C=O) groups is 5. The molecule has 5 fully saturated rings. The SMILES string of the molecule is CO[C@H]1CC[C@@]2(C)[C@@H](CC[C@@H]3[C@@H]2CC[C@@]2(C)[C@H]3C[C@H](C(=O)N[C@@H](CCCN=C(N)N)C(=O)NCC(=O)N[C@@H](CC(=O)O)C(=O)NCc3ccccc3)O[C@]23CCCO3)C1. The first-order valence-corrected chi connectivity index (χ1v) is 21.5. The molecule has 0 bridgehead atoms. The van der Waals surface area contributed by atoms with Crippen molar-refractivity contribution in [3.63, 3.8) is 0 Å². The van der Waals surface area contributed by atoms with Gasteiger partial charge in [-0.25, -0.2) is 0 Å². The largest absolute Gasteiger partial charge is 0.481 e. The normalized spacial score (nSPS) is 33.2. The van der Waals surface area contributed by atoms with Crippen LogP contribution >= 0.6 is 0 Å². The molecule has 6 rings (SSSR count). The number of rotatable bonds is 16. The van der Waals surface area contributed by atoms with Crippen molar-refractivity contribution >= 4 is 35.6 Å². The van der Waals surface area contributed by atoms with Gasteiger partial charge < -0.3 is 52.1 Å². The van der Waals surface area contributed by atoms with Gasteiger partial charge in [0.05, 0.1) is 25.7 Å². The number of methoxy groups -OCH3 is 1. The molecule has 16 heteroatoms. The molecule has 0 unspecified atom stereocenters. The highest BCUT2D eigenvalue weighted by Crippen LogP contribution is 2.68. The van der Waals surface area contributed by atoms with Crippen LogP contribution in [0.4, 0.5) is 0 Å². The number of fused-ring (bicyclic) bond motifs is 6. The van der Waals surface area contributed by atoms with Crippen molar-refractivity contribution in [2.75, 3.05) is 26.8 Å². The van der Waals surface area contributed by atoms with Crippen LogP contribution in [0, 0.1) is 34.5 Å². The van der Waals surface area contributed by atoms with Gasteiger partial charge in [-0.2, -0.15) is 0 Å². The Bertz CT molecular complexity index is 1700. The van der Waals surface area contributed by atoms with E-state index in [9.17, 15) is 29.1 Å². The van der Waals surface area contributed by atoms with Gasteiger partial charge in [0.25, 0.3) is 0 Å². The molecule has 4 amide bonds. The number of ether oxygens (including phenoxy) is 3. The van der Waals surface area contributed by atoms with Crippen molar-refractivity contribution < 1.29 is 43.3 Å². The lowest BCUT2D eigenvalue weighted by Crippen LogP contribution is -2.66. The van der Waals surface area contributed by atoms with Gasteiger partial charge in [0.2, 0.25) is 23.6 Å². The molecular formula is C43H65N7O9. The third-order valence-corrected chi connectivity index (χ3v) is 14.6. The number of guanidine groups is 1. The third kappa shape index (κ3) is 9.86. The van der Waals surface area contributed by atoms with Gasteiger partial charge in [-0.05, 0) is 105 Å². The van der Waals surface area contributed by atoms with E-state index < -0.39 is 66.5 Å². The maximum atomic E-state index is 14.4. The Morgan fingerprint density at radius 1 is 0.932 bits per heavy atom. The average Bonchev–Trinajstić information content (AvgIpc) is 3.69. The first kappa shape index (κ1) is 44.3. The fraction of sp³-hybridized carbons (Fsp3) is 0.721. The van der Waals surface area contributed by atoms with E-state index in [2.05, 4.69) is 40.1 Å². The molecule has 0 aromatic heterocycles. The maximum Gasteiger partial charge on any atom is 0.305 e. The summed E-state index contributed by atoms with van der Waals surface area (Å²) in [5, 5.41) is 20.0. The molecule has 9 N–H and O–H groups in total. The molecule has 5 aliphatic rings. The summed E-state index contributed by atoms with van der Waals surface area (Å²) in [5.41, 5.74) is 11.8. The van der Waals surface area contributed by atoms with Gasteiger partial charge in [-0.1, -0.05) is 44.2 Å². The van der Waals surface area contributed by atoms with Crippen molar-refractivity contribution in [3.05, 3.63) is 35.9 Å². The highest BCUT2D eigenvalue weighted by Gasteiger charge is 2.67. The number of hydrogen-bond acceptors (Lipinski definition) is 9. The summed E-state index contributed by atoms with van der Waals surface area (Å²) in [5.74, 6) is -3.06. The van der Waals surface area contributed by atoms with E-state index in [4.69, 9.17) is 25.7 Å². The Morgan fingerprint density at radius 3 is 2.39 bits per heavy atom. The predicted octanol–water partition coefficient (Wildman–Crippen LogP) is 2.48. The minimum Gasteiger partial charge on any atom is -0.481 e. The number of nitrogens with two attached hydrogens (primary N) is 2. The smallest absolute Gasteiger partial charge is 0.305 e. The summed E-state index contributed by atoms with van der Waals surface area (Å²) in [6, 6.07) is 6.59. The van der Waals surface area contributed by atoms with E-state index in [1.807, 2.05) is 13.2 Å². The molecule has 3 aliphatic carbocycles. The number of amides is 4. The van der Waals surface area contributed by atoms with Gasteiger partial charge in [-0.15, -0.1) is 0 Å². The molecule has 3 saturated carbocycles. The minimum absolute atomic E-state index is 0.101. The standard InChI is InChI=1S/C43H65N7O9/c1-41-17-14-28(57-3)21-27(41)12-13-29-30(41)15-18-42(2)31(29)22-34(59-43(42)16-8-20-58-43)39(56)50-32(11-7-19-46-40(44)45)37(54)48-25-35(51)49-33(23-36(52)53)38(55)47-24-26-9-5-4-6-10-26/h4-6,9-10,27-34H,7-8,11-25H2,1-3H3,(H,47,55)(H,48,54)(H,49,51)(H,50,56)(H,52,53)(H4,44,45,46)/t27-,28-,29+,30-,31-,32-,33-,34+,41-,42-,43+/m0/s1. The highest BCUT2D eigenvalue weighted by molar-refractivity contribution is 5.94. The van der Waals surface area contributed by atoms with E-state index in [0.29, 0.717) is 49.7 Å². The molecule has 1 spiro atoms. The maximum absolute atomic E-state index is 14.4. The van der Waals surface area contributed by atoms with Gasteiger partial charge in [0, 0.05) is 32.0 Å². The lowest BCUT2D eigenvalue weighted by atomic mass is 9.42. The Morgan fingerprint density at radius 2 is 1.69 bits per heavy atom. The number of carbonyl (C=O) groups excluding carboxylic acids is 4. The summed E-state index contributed by atoms with van der Waals surface area (Å²) in [6.07, 6.45) is 8.93. The van der Waals surface area contributed by atoms with Gasteiger partial charge in [0.15, 0.2) is 11.7 Å². The van der Waals surface area contributed by atoms with Crippen LogP contribution in [0.15, 0.2) is 35.3 Å². The van der Waals surface area contributed by atoms with Crippen LogP contribution in [0.5, 0.6) is 0 Å². The summed E-state index contributed by atoms with van der Waals surface area (Å²) in [7, 11) is 1.82. The molecule has 2 saturated heterocycles. The van der Waals surface area contributed by atoms with Gasteiger partial charge in [0.1, 0.15) is 18.2 Å². The van der Waals surface area contributed by atoms with Crippen LogP contribution in [0.1, 0.15) is 103 Å². The molecule has 0 radical (unpaired) electrons. The Kier molecular flexibility index (Phi) is 14.2. The molecular weight excluding hydrogens is 759 g/mol. The average molecular weight is 824 g/mol. The Labute approximate surface area is 347 Å². The number of nitrogens with zero attached hydrogens (tertiary/aromatic N) is 1. The molecule has 11 atom stereocenters. The van der Waals surface area contributed by atoms with E-state index >= 15 is 0 Å². The summed E-state index contributed by atoms with van der Waals surface area (Å²) in [6.45, 7) is 5.14. The number of carboxylic acid groups (broad SMARTS) is 1. The Hall–Kier alpha value is -4.28. The van der Waals surface area contributed by atoms with Crippen LogP contribution in [-0.4, -0.2) is 97.5 Å². The van der Waals surface area contributed by atoms with Crippen LogP contribution in [0.3, 0.4) is 0 Å². The number of nitrogens with one attached hydrogen (secondary N) is 4. The molecule has 16 nitrogen and oxygen atoms in total. The zero-order chi connectivity index (χ0) is 42.4. The number of aliphatic imine (C=N–C) groups is 1. The van der Waals surface area contributed by atoms with Crippen molar-refractivity contribution in [2.24, 2.45) is 51.0 Å². The second-order valence-electron chi connectivity index (χ2n) is 17.9. The van der Waals surface area contributed by atoms with E-state index in [-0.39, 0.29) is 42.2 Å². The lowest BCUT2D eigenvalue weighted by molar-refractivity contribution is -0.348. The second-order valence-corrected chi connectivity index (χ2v) is 17.9. The fourth-order valence-corrected chi connectivity index (χ4v) is 11.5. The summed E-state index contributed by atoms with van der Waals surface area (Å²) < 4.78 is 19.2. The molecule has 59 heavy (non-hydrogen) atoms. The minimum atomic E-state index is -1.38. The van der Waals surface area contributed by atoms with Crippen molar-refractivity contribution in [2.45, 2.75) is 134 Å². The highest BCUT2D eigenvalue weighted by atomic mass is 16.7. The van der Waals surface area contributed by atoms with E-state index in [1.165, 1.54) is 0 Å². The van der Waals surface area contributed by atoms with Gasteiger partial charge in [-0.3, -0.25) is 29.0 Å². The zero-order valence-corrected chi connectivity index (χ0v) is 34.8. The first-order chi connectivity index (χ1) is 28.2. The molecule has 1 aromatic rings. The van der Waals surface area contributed by atoms with Crippen LogP contribution in [0.25, 0.3) is 0 Å². The van der Waals surface area contributed by atoms with Crippen LogP contribution in [0.2, 0.25) is 0 Å². The molecule has 2 aliphatic heterocycles. The lowest BCUT2D eigenvalue weighted by Gasteiger charge is -2.66. The fourth-order valence-electron chi connectivity index (χ4n) is 11.5. The topological polar surface area (TPSA) is 246 Å². The second kappa shape index (κ2) is 19.0. The van der Waals surface area contributed by atoms with Crippen LogP contribution < -0.4 is 32.7 Å². The number of carboxylic acids is 1. The number of aliphatic carboxylic acids is 1. The molecule has 1 aromatic carbocycles. The zero-order valence-electron chi connectivity index (χ0n) is 34.8. The van der Waals surface area contributed by atoms with Gasteiger partial charge >= 0.3 is 5.97 Å². The number of hydrogen-bond donors (Lipinski definition) is 7. The summed E-state index contributed by atoms with van der Waals surface area (Å²) >= 11 is 0. The van der Waals surface area contributed by atoms with E-state index in [0.717, 1.165) is 56.9 Å². The first-order valence-electron chi connectivity index (χ1n) is 21.5. The quantitative estimate of drug-likeness (QED) is 0.0725. The third-order valence-electron chi connectivity index (χ3n) is 14.6. The number of benzene rings is 1. The van der Waals surface area contributed by atoms with Crippen molar-refractivity contribution in [1.82, 2.24) is 21.3 Å². The predicted molar refractivity (Wildman–Crippen MR) is 218 cm³/mol. The molecule has 2 heterocycles. The van der Waals surface area contributed by atoms with Crippen LogP contribution in [-0.2, 0) is 44.7 Å². The molecule has 326 valence electrons. The summed E-state index contributed by atoms with van der Waals surface area (Å²) in [4.78, 5) is 69.7. The van der Waals surface area contributed by atoms with E-state index in [1.54, 1.807) is 24.3 Å². The van der Waals surface area contributed by atoms with Crippen molar-refractivity contribution in [3.8, 4) is 0 Å².